The smallest absolute Gasteiger partial charge is 0.320 e. The van der Waals surface area contributed by atoms with E-state index in [1.165, 1.54) is 7.11 Å². The van der Waals surface area contributed by atoms with Crippen molar-refractivity contribution in [3.05, 3.63) is 28.5 Å². The monoisotopic (exact) mass is 350 g/mol. The number of pyridine rings is 1. The van der Waals surface area contributed by atoms with E-state index in [1.807, 2.05) is 6.07 Å². The molecule has 0 saturated heterocycles. The van der Waals surface area contributed by atoms with Crippen LogP contribution in [0.3, 0.4) is 0 Å². The number of hydrogen-bond donors (Lipinski definition) is 1. The van der Waals surface area contributed by atoms with Gasteiger partial charge in [0.1, 0.15) is 4.83 Å². The number of halogens is 2. The summed E-state index contributed by atoms with van der Waals surface area (Å²) < 4.78 is 5.53. The molecule has 6 heteroatoms. The lowest BCUT2D eigenvalue weighted by Crippen LogP contribution is -2.29. The van der Waals surface area contributed by atoms with Gasteiger partial charge in [-0.2, -0.15) is 0 Å². The molecule has 88 valence electrons. The number of aromatic nitrogens is 1. The van der Waals surface area contributed by atoms with Crippen LogP contribution in [0.2, 0.25) is 0 Å². The summed E-state index contributed by atoms with van der Waals surface area (Å²) >= 11 is 6.57. The summed E-state index contributed by atoms with van der Waals surface area (Å²) in [7, 11) is 1.37. The van der Waals surface area contributed by atoms with Gasteiger partial charge in [-0.1, -0.05) is 15.9 Å². The largest absolute Gasteiger partial charge is 0.468 e. The zero-order valence-electron chi connectivity index (χ0n) is 8.74. The van der Waals surface area contributed by atoms with Crippen LogP contribution in [0.4, 0.5) is 0 Å². The van der Waals surface area contributed by atoms with E-state index in [0.717, 1.165) is 10.0 Å². The number of carbonyl (C=O) groups is 1. The Morgan fingerprint density at radius 3 is 3.00 bits per heavy atom. The zero-order chi connectivity index (χ0) is 12.0. The quantitative estimate of drug-likeness (QED) is 0.650. The minimum absolute atomic E-state index is 0.278. The molecule has 0 aromatic carbocycles. The van der Waals surface area contributed by atoms with E-state index >= 15 is 0 Å². The maximum atomic E-state index is 11.1. The number of esters is 1. The second kappa shape index (κ2) is 6.98. The first-order valence-electron chi connectivity index (χ1n) is 4.65. The van der Waals surface area contributed by atoms with Crippen LogP contribution >= 0.6 is 31.9 Å². The summed E-state index contributed by atoms with van der Waals surface area (Å²) in [5, 5.41) is 3.14. The van der Waals surface area contributed by atoms with Crippen LogP contribution in [0.5, 0.6) is 0 Å². The molecule has 0 radical (unpaired) electrons. The molecule has 1 aromatic rings. The highest BCUT2D eigenvalue weighted by molar-refractivity contribution is 9.10. The molecule has 1 atom stereocenters. The summed E-state index contributed by atoms with van der Waals surface area (Å²) in [6.07, 6.45) is 3.50. The molecule has 0 aliphatic carbocycles. The van der Waals surface area contributed by atoms with Gasteiger partial charge in [-0.15, -0.1) is 0 Å². The van der Waals surface area contributed by atoms with E-state index in [1.54, 1.807) is 12.4 Å². The van der Waals surface area contributed by atoms with Gasteiger partial charge in [0.15, 0.2) is 0 Å². The third-order valence-corrected chi connectivity index (χ3v) is 3.00. The van der Waals surface area contributed by atoms with Crippen LogP contribution in [0.15, 0.2) is 22.9 Å². The van der Waals surface area contributed by atoms with Crippen molar-refractivity contribution in [2.45, 2.75) is 11.4 Å². The molecule has 1 aromatic heterocycles. The number of nitrogens with one attached hydrogen (secondary N) is 1. The molecule has 1 unspecified atom stereocenters. The predicted octanol–water partition coefficient (Wildman–Crippen LogP) is 1.87. The molecule has 0 amide bonds. The molecule has 16 heavy (non-hydrogen) atoms. The Kier molecular flexibility index (Phi) is 5.94. The zero-order valence-corrected chi connectivity index (χ0v) is 11.9. The van der Waals surface area contributed by atoms with Crippen molar-refractivity contribution in [3.8, 4) is 0 Å². The molecule has 0 saturated carbocycles. The van der Waals surface area contributed by atoms with Crippen molar-refractivity contribution in [1.29, 1.82) is 0 Å². The average Bonchev–Trinajstić information content (AvgIpc) is 2.28. The number of rotatable bonds is 5. The lowest BCUT2D eigenvalue weighted by molar-refractivity contribution is -0.139. The topological polar surface area (TPSA) is 51.2 Å². The van der Waals surface area contributed by atoms with Gasteiger partial charge >= 0.3 is 5.97 Å². The van der Waals surface area contributed by atoms with Crippen LogP contribution < -0.4 is 5.32 Å². The van der Waals surface area contributed by atoms with Gasteiger partial charge in [0, 0.05) is 30.0 Å². The van der Waals surface area contributed by atoms with Crippen molar-refractivity contribution < 1.29 is 9.53 Å². The second-order valence-electron chi connectivity index (χ2n) is 3.13. The Labute approximate surface area is 111 Å². The third-order valence-electron chi connectivity index (χ3n) is 1.87. The lowest BCUT2D eigenvalue weighted by atomic mass is 10.3. The fourth-order valence-corrected chi connectivity index (χ4v) is 1.94. The molecule has 0 fully saturated rings. The van der Waals surface area contributed by atoms with Crippen LogP contribution in [0.25, 0.3) is 0 Å². The molecule has 1 N–H and O–H groups in total. The van der Waals surface area contributed by atoms with Crippen LogP contribution in [-0.4, -0.2) is 29.4 Å². The first-order valence-corrected chi connectivity index (χ1v) is 6.36. The van der Waals surface area contributed by atoms with E-state index in [2.05, 4.69) is 46.9 Å². The summed E-state index contributed by atoms with van der Waals surface area (Å²) in [6, 6.07) is 1.97. The maximum absolute atomic E-state index is 11.1. The highest BCUT2D eigenvalue weighted by Gasteiger charge is 2.13. The van der Waals surface area contributed by atoms with Crippen molar-refractivity contribution in [2.75, 3.05) is 13.7 Å². The molecular formula is C10H12Br2N2O2. The van der Waals surface area contributed by atoms with Gasteiger partial charge in [-0.25, -0.2) is 0 Å². The van der Waals surface area contributed by atoms with Gasteiger partial charge in [0.05, 0.1) is 7.11 Å². The Bertz CT molecular complexity index is 360. The number of ether oxygens (including phenoxy) is 1. The predicted molar refractivity (Wildman–Crippen MR) is 68.4 cm³/mol. The van der Waals surface area contributed by atoms with Crippen LogP contribution in [0.1, 0.15) is 5.56 Å². The summed E-state index contributed by atoms with van der Waals surface area (Å²) in [6.45, 7) is 1.17. The van der Waals surface area contributed by atoms with Gasteiger partial charge in [0.2, 0.25) is 0 Å². The van der Waals surface area contributed by atoms with Crippen molar-refractivity contribution in [2.24, 2.45) is 0 Å². The summed E-state index contributed by atoms with van der Waals surface area (Å²) in [5.74, 6) is -0.278. The van der Waals surface area contributed by atoms with Gasteiger partial charge in [-0.05, 0) is 27.6 Å². The number of carbonyl (C=O) groups excluding carboxylic acids is 1. The molecule has 1 rings (SSSR count). The third kappa shape index (κ3) is 4.59. The van der Waals surface area contributed by atoms with E-state index < -0.39 is 0 Å². The Morgan fingerprint density at radius 2 is 2.38 bits per heavy atom. The Morgan fingerprint density at radius 1 is 1.62 bits per heavy atom. The van der Waals surface area contributed by atoms with Crippen molar-refractivity contribution in [1.82, 2.24) is 10.3 Å². The van der Waals surface area contributed by atoms with Crippen LogP contribution in [-0.2, 0) is 16.1 Å². The summed E-state index contributed by atoms with van der Waals surface area (Å²) in [4.78, 5) is 14.8. The van der Waals surface area contributed by atoms with Crippen molar-refractivity contribution in [3.63, 3.8) is 0 Å². The number of hydrogen-bond acceptors (Lipinski definition) is 4. The van der Waals surface area contributed by atoms with Crippen molar-refractivity contribution >= 4 is 37.8 Å². The standard InChI is InChI=1S/C10H12Br2N2O2/c1-16-10(15)9(12)6-14-4-7-2-8(11)5-13-3-7/h2-3,5,9,14H,4,6H2,1H3. The van der Waals surface area contributed by atoms with E-state index in [9.17, 15) is 4.79 Å². The van der Waals surface area contributed by atoms with E-state index in [4.69, 9.17) is 0 Å². The Balaban J connectivity index is 2.33. The maximum Gasteiger partial charge on any atom is 0.320 e. The molecular weight excluding hydrogens is 340 g/mol. The molecule has 0 bridgehead atoms. The van der Waals surface area contributed by atoms with Gasteiger partial charge in [-0.3, -0.25) is 9.78 Å². The van der Waals surface area contributed by atoms with E-state index in [0.29, 0.717) is 13.1 Å². The number of alkyl halides is 1. The molecule has 1 heterocycles. The molecule has 0 aliphatic heterocycles. The molecule has 4 nitrogen and oxygen atoms in total. The fourth-order valence-electron chi connectivity index (χ4n) is 1.11. The number of methoxy groups -OCH3 is 1. The average molecular weight is 352 g/mol. The number of nitrogens with zero attached hydrogens (tertiary/aromatic N) is 1. The lowest BCUT2D eigenvalue weighted by Gasteiger charge is -2.09. The Hall–Kier alpha value is -0.460. The normalized spacial score (nSPS) is 12.2. The first kappa shape index (κ1) is 13.6. The molecule has 0 spiro atoms. The van der Waals surface area contributed by atoms with Gasteiger partial charge in [0.25, 0.3) is 0 Å². The minimum Gasteiger partial charge on any atom is -0.468 e. The highest BCUT2D eigenvalue weighted by Crippen LogP contribution is 2.09. The second-order valence-corrected chi connectivity index (χ2v) is 5.15. The van der Waals surface area contributed by atoms with E-state index in [-0.39, 0.29) is 10.8 Å². The summed E-state index contributed by atoms with van der Waals surface area (Å²) in [5.41, 5.74) is 1.05. The fraction of sp³-hybridized carbons (Fsp3) is 0.400. The van der Waals surface area contributed by atoms with Gasteiger partial charge < -0.3 is 10.1 Å². The van der Waals surface area contributed by atoms with Crippen LogP contribution in [0, 0.1) is 0 Å². The molecule has 0 aliphatic rings. The first-order chi connectivity index (χ1) is 7.63. The SMILES string of the molecule is COC(=O)C(Br)CNCc1cncc(Br)c1. The minimum atomic E-state index is -0.322. The highest BCUT2D eigenvalue weighted by atomic mass is 79.9.